The van der Waals surface area contributed by atoms with Crippen LogP contribution < -0.4 is 20.7 Å². The molecule has 0 radical (unpaired) electrons. The number of fused-ring (bicyclic) bond motifs is 2. The maximum atomic E-state index is 12.9. The first-order valence-electron chi connectivity index (χ1n) is 11.9. The van der Waals surface area contributed by atoms with E-state index in [1.165, 1.54) is 11.4 Å². The molecule has 0 aliphatic carbocycles. The molecule has 0 bridgehead atoms. The summed E-state index contributed by atoms with van der Waals surface area (Å²) in [5, 5.41) is 4.19. The zero-order valence-corrected chi connectivity index (χ0v) is 19.1. The van der Waals surface area contributed by atoms with Gasteiger partial charge in [0.2, 0.25) is 0 Å². The molecule has 0 saturated carbocycles. The molecule has 2 aliphatic rings. The van der Waals surface area contributed by atoms with Gasteiger partial charge in [-0.15, -0.1) is 0 Å². The van der Waals surface area contributed by atoms with Crippen molar-refractivity contribution in [2.24, 2.45) is 5.92 Å². The average Bonchev–Trinajstić information content (AvgIpc) is 3.18. The van der Waals surface area contributed by atoms with Gasteiger partial charge < -0.3 is 19.7 Å². The highest BCUT2D eigenvalue weighted by atomic mass is 16.1. The smallest absolute Gasteiger partial charge is 0.280 e. The summed E-state index contributed by atoms with van der Waals surface area (Å²) in [6.45, 7) is 8.98. The van der Waals surface area contributed by atoms with E-state index in [2.05, 4.69) is 68.8 Å². The molecule has 168 valence electrons. The van der Waals surface area contributed by atoms with E-state index in [1.54, 1.807) is 0 Å². The van der Waals surface area contributed by atoms with Crippen LogP contribution in [0.2, 0.25) is 0 Å². The van der Waals surface area contributed by atoms with Gasteiger partial charge in [0.25, 0.3) is 5.56 Å². The van der Waals surface area contributed by atoms with Crippen molar-refractivity contribution in [1.29, 1.82) is 0 Å². The average molecular weight is 432 g/mol. The number of nitrogens with one attached hydrogen (secondary N) is 1. The molecular formula is C26H33N5O. The number of rotatable bonds is 6. The van der Waals surface area contributed by atoms with Crippen molar-refractivity contribution < 1.29 is 0 Å². The lowest BCUT2D eigenvalue weighted by molar-refractivity contribution is 0.432. The van der Waals surface area contributed by atoms with Crippen molar-refractivity contribution in [3.8, 4) is 0 Å². The zero-order valence-electron chi connectivity index (χ0n) is 19.1. The Morgan fingerprint density at radius 1 is 1.03 bits per heavy atom. The van der Waals surface area contributed by atoms with Gasteiger partial charge in [-0.1, -0.05) is 38.1 Å². The first-order chi connectivity index (χ1) is 15.6. The summed E-state index contributed by atoms with van der Waals surface area (Å²) in [5.74, 6) is 1.44. The summed E-state index contributed by atoms with van der Waals surface area (Å²) in [5.41, 5.74) is 3.41. The zero-order chi connectivity index (χ0) is 22.1. The normalized spacial score (nSPS) is 16.8. The number of hydrogen-bond donors (Lipinski definition) is 1. The molecule has 1 saturated heterocycles. The number of aromatic nitrogens is 2. The van der Waals surface area contributed by atoms with Crippen LogP contribution in [0.25, 0.3) is 10.9 Å². The molecule has 1 N–H and O–H groups in total. The number of nitrogens with zero attached hydrogens (tertiary/aromatic N) is 4. The highest BCUT2D eigenvalue weighted by Gasteiger charge is 2.32. The van der Waals surface area contributed by atoms with Gasteiger partial charge in [-0.25, -0.2) is 0 Å². The van der Waals surface area contributed by atoms with Gasteiger partial charge in [0.15, 0.2) is 0 Å². The molecule has 5 rings (SSSR count). The van der Waals surface area contributed by atoms with Gasteiger partial charge >= 0.3 is 0 Å². The molecule has 6 heteroatoms. The topological polar surface area (TPSA) is 53.4 Å². The fourth-order valence-corrected chi connectivity index (χ4v) is 5.07. The molecule has 0 spiro atoms. The molecule has 6 nitrogen and oxygen atoms in total. The third-order valence-electron chi connectivity index (χ3n) is 6.83. The molecule has 0 atom stereocenters. The summed E-state index contributed by atoms with van der Waals surface area (Å²) in [4.78, 5) is 22.4. The van der Waals surface area contributed by atoms with Crippen LogP contribution in [-0.2, 0) is 13.1 Å². The van der Waals surface area contributed by atoms with E-state index in [0.29, 0.717) is 23.9 Å². The van der Waals surface area contributed by atoms with Crippen LogP contribution in [0, 0.1) is 5.92 Å². The number of para-hydroxylation sites is 3. The monoisotopic (exact) mass is 431 g/mol. The third kappa shape index (κ3) is 3.99. The van der Waals surface area contributed by atoms with E-state index in [-0.39, 0.29) is 5.56 Å². The van der Waals surface area contributed by atoms with Crippen molar-refractivity contribution in [1.82, 2.24) is 14.9 Å². The number of aryl methyl sites for hydroxylation is 1. The molecule has 0 amide bonds. The number of piperidine rings is 1. The van der Waals surface area contributed by atoms with E-state index >= 15 is 0 Å². The number of hydrogen-bond acceptors (Lipinski definition) is 5. The quantitative estimate of drug-likeness (QED) is 0.640. The lowest BCUT2D eigenvalue weighted by Gasteiger charge is -2.33. The summed E-state index contributed by atoms with van der Waals surface area (Å²) < 4.78 is 2.27. The molecule has 32 heavy (non-hydrogen) atoms. The Balaban J connectivity index is 1.51. The van der Waals surface area contributed by atoms with E-state index in [1.807, 2.05) is 18.2 Å². The van der Waals surface area contributed by atoms with Crippen LogP contribution >= 0.6 is 0 Å². The minimum atomic E-state index is -0.126. The second-order valence-corrected chi connectivity index (χ2v) is 9.46. The van der Waals surface area contributed by atoms with E-state index < -0.39 is 0 Å². The maximum Gasteiger partial charge on any atom is 0.280 e. The molecule has 1 fully saturated rings. The Kier molecular flexibility index (Phi) is 5.87. The fraction of sp³-hybridized carbons (Fsp3) is 0.462. The molecule has 2 aromatic carbocycles. The Morgan fingerprint density at radius 3 is 2.53 bits per heavy atom. The van der Waals surface area contributed by atoms with Crippen molar-refractivity contribution in [3.05, 3.63) is 64.7 Å². The second kappa shape index (κ2) is 8.94. The Labute approximate surface area is 189 Å². The first kappa shape index (κ1) is 21.0. The van der Waals surface area contributed by atoms with Gasteiger partial charge in [0.1, 0.15) is 5.82 Å². The fourth-order valence-electron chi connectivity index (χ4n) is 5.07. The Hall–Kier alpha value is -2.86. The van der Waals surface area contributed by atoms with E-state index in [0.717, 1.165) is 56.9 Å². The minimum absolute atomic E-state index is 0.126. The van der Waals surface area contributed by atoms with Gasteiger partial charge in [0, 0.05) is 12.6 Å². The summed E-state index contributed by atoms with van der Waals surface area (Å²) >= 11 is 0. The molecule has 3 aromatic rings. The Morgan fingerprint density at radius 2 is 1.75 bits per heavy atom. The van der Waals surface area contributed by atoms with Crippen LogP contribution in [-0.4, -0.2) is 35.4 Å². The van der Waals surface area contributed by atoms with E-state index in [9.17, 15) is 4.79 Å². The third-order valence-corrected chi connectivity index (χ3v) is 6.83. The lowest BCUT2D eigenvalue weighted by atomic mass is 10.0. The van der Waals surface area contributed by atoms with Crippen LogP contribution in [0.5, 0.6) is 0 Å². The highest BCUT2D eigenvalue weighted by Crippen LogP contribution is 2.39. The van der Waals surface area contributed by atoms with Gasteiger partial charge in [0.05, 0.1) is 35.5 Å². The summed E-state index contributed by atoms with van der Waals surface area (Å²) in [6.07, 6.45) is 3.38. The predicted molar refractivity (Wildman–Crippen MR) is 131 cm³/mol. The summed E-state index contributed by atoms with van der Waals surface area (Å²) in [6, 6.07) is 17.1. The molecule has 3 heterocycles. The van der Waals surface area contributed by atoms with Gasteiger partial charge in [-0.05, 0) is 62.5 Å². The Bertz CT molecular complexity index is 1150. The second-order valence-electron chi connectivity index (χ2n) is 9.46. The highest BCUT2D eigenvalue weighted by molar-refractivity contribution is 5.79. The van der Waals surface area contributed by atoms with Crippen molar-refractivity contribution in [2.75, 3.05) is 29.6 Å². The summed E-state index contributed by atoms with van der Waals surface area (Å²) in [7, 11) is 0. The minimum Gasteiger partial charge on any atom is -0.349 e. The van der Waals surface area contributed by atoms with Crippen molar-refractivity contribution >= 4 is 22.3 Å². The van der Waals surface area contributed by atoms with Gasteiger partial charge in [-0.3, -0.25) is 4.79 Å². The molecular weight excluding hydrogens is 398 g/mol. The van der Waals surface area contributed by atoms with E-state index in [4.69, 9.17) is 0 Å². The van der Waals surface area contributed by atoms with Gasteiger partial charge in [-0.2, -0.15) is 4.98 Å². The van der Waals surface area contributed by atoms with Crippen LogP contribution in [0.3, 0.4) is 0 Å². The molecule has 1 aromatic heterocycles. The predicted octanol–water partition coefficient (Wildman–Crippen LogP) is 3.98. The van der Waals surface area contributed by atoms with Crippen molar-refractivity contribution in [3.63, 3.8) is 0 Å². The lowest BCUT2D eigenvalue weighted by Crippen LogP contribution is -2.44. The number of anilines is 2. The number of benzene rings is 2. The van der Waals surface area contributed by atoms with Crippen LogP contribution in [0.1, 0.15) is 38.9 Å². The maximum absolute atomic E-state index is 12.9. The van der Waals surface area contributed by atoms with Crippen LogP contribution in [0.4, 0.5) is 11.4 Å². The van der Waals surface area contributed by atoms with Crippen molar-refractivity contribution in [2.45, 2.75) is 52.2 Å². The first-order valence-corrected chi connectivity index (χ1v) is 11.9. The standard InChI is InChI=1S/C26H33N5O/c1-19(2)13-16-30-22-8-4-3-7-21(22)26(32)28-25(30)17-29-18-31(20-11-14-27-15-12-20)24-10-6-5-9-23(24)29/h3-10,19-20,27H,11-18H2,1-2H3. The largest absolute Gasteiger partial charge is 0.349 e. The molecule has 0 unspecified atom stereocenters. The SMILES string of the molecule is CC(C)CCn1c(CN2CN(C3CCNCC3)c3ccccc32)nc(=O)c2ccccc21. The van der Waals surface area contributed by atoms with Crippen LogP contribution in [0.15, 0.2) is 53.3 Å². The molecule has 2 aliphatic heterocycles.